The summed E-state index contributed by atoms with van der Waals surface area (Å²) >= 11 is 0. The van der Waals surface area contributed by atoms with E-state index in [1.54, 1.807) is 18.0 Å². The van der Waals surface area contributed by atoms with Crippen LogP contribution in [0.15, 0.2) is 11.2 Å². The summed E-state index contributed by atoms with van der Waals surface area (Å²) in [5.41, 5.74) is 0.176. The van der Waals surface area contributed by atoms with Crippen LogP contribution >= 0.6 is 0 Å². The Morgan fingerprint density at radius 2 is 2.06 bits per heavy atom. The van der Waals surface area contributed by atoms with Crippen molar-refractivity contribution in [2.75, 3.05) is 25.0 Å². The van der Waals surface area contributed by atoms with Crippen molar-refractivity contribution in [3.8, 4) is 0 Å². The van der Waals surface area contributed by atoms with Gasteiger partial charge in [-0.15, -0.1) is 0 Å². The molecular formula is C22H32F2N6O4. The first-order chi connectivity index (χ1) is 16.2. The fourth-order valence-electron chi connectivity index (χ4n) is 4.03. The van der Waals surface area contributed by atoms with E-state index in [4.69, 9.17) is 0 Å². The summed E-state index contributed by atoms with van der Waals surface area (Å²) in [6, 6.07) is -0.682. The Balaban J connectivity index is 1.73. The molecule has 0 unspecified atom stereocenters. The zero-order chi connectivity index (χ0) is 24.7. The van der Waals surface area contributed by atoms with E-state index in [2.05, 4.69) is 30.3 Å². The highest BCUT2D eigenvalue weighted by atomic mass is 19.3. The Kier molecular flexibility index (Phi) is 9.22. The Labute approximate surface area is 197 Å². The van der Waals surface area contributed by atoms with Crippen molar-refractivity contribution in [2.45, 2.75) is 70.8 Å². The lowest BCUT2D eigenvalue weighted by molar-refractivity contribution is -0.130. The van der Waals surface area contributed by atoms with Crippen molar-refractivity contribution in [1.29, 1.82) is 0 Å². The molecule has 0 bridgehead atoms. The molecule has 10 nitrogen and oxygen atoms in total. The molecule has 1 aliphatic heterocycles. The maximum atomic E-state index is 13.0. The number of rotatable bonds is 9. The van der Waals surface area contributed by atoms with E-state index in [1.807, 2.05) is 0 Å². The number of likely N-dealkylation sites (tertiary alicyclic amines) is 1. The largest absolute Gasteiger partial charge is 0.393 e. The number of halogens is 2. The molecule has 1 aromatic heterocycles. The number of ether oxygens (including phenoxy) is 1. The van der Waals surface area contributed by atoms with Gasteiger partial charge in [-0.05, 0) is 44.9 Å². The normalized spacial score (nSPS) is 23.9. The summed E-state index contributed by atoms with van der Waals surface area (Å²) in [5.74, 6) is 0.00914. The first-order valence-corrected chi connectivity index (χ1v) is 11.5. The molecule has 1 aliphatic carbocycles. The highest BCUT2D eigenvalue weighted by molar-refractivity contribution is 5.98. The van der Waals surface area contributed by atoms with Crippen LogP contribution in [0.3, 0.4) is 0 Å². The fraction of sp³-hybridized carbons (Fsp3) is 0.682. The second-order valence-electron chi connectivity index (χ2n) is 8.84. The monoisotopic (exact) mass is 482 g/mol. The molecule has 0 radical (unpaired) electrons. The highest BCUT2D eigenvalue weighted by Gasteiger charge is 2.27. The van der Waals surface area contributed by atoms with Gasteiger partial charge in [0.05, 0.1) is 12.7 Å². The van der Waals surface area contributed by atoms with Gasteiger partial charge in [-0.1, -0.05) is 0 Å². The quantitative estimate of drug-likeness (QED) is 0.460. The summed E-state index contributed by atoms with van der Waals surface area (Å²) in [6.45, 7) is 1.03. The van der Waals surface area contributed by atoms with Gasteiger partial charge in [-0.3, -0.25) is 9.59 Å². The number of aliphatic imine (C=N–C) groups is 1. The third kappa shape index (κ3) is 7.66. The van der Waals surface area contributed by atoms with E-state index in [-0.39, 0.29) is 47.9 Å². The minimum absolute atomic E-state index is 0.0386. The van der Waals surface area contributed by atoms with Crippen LogP contribution in [0.2, 0.25) is 0 Å². The maximum absolute atomic E-state index is 13.0. The Morgan fingerprint density at radius 1 is 1.32 bits per heavy atom. The van der Waals surface area contributed by atoms with Gasteiger partial charge < -0.3 is 25.4 Å². The molecule has 0 spiro atoms. The molecular weight excluding hydrogens is 450 g/mol. The first-order valence-electron chi connectivity index (χ1n) is 11.5. The summed E-state index contributed by atoms with van der Waals surface area (Å²) < 4.78 is 28.9. The second-order valence-corrected chi connectivity index (χ2v) is 8.84. The summed E-state index contributed by atoms with van der Waals surface area (Å²) in [5, 5.41) is 15.5. The van der Waals surface area contributed by atoms with E-state index >= 15 is 0 Å². The number of aliphatic hydroxyl groups excluding tert-OH is 1. The molecule has 1 saturated heterocycles. The average molecular weight is 483 g/mol. The number of hydrogen-bond donors (Lipinski definition) is 3. The molecule has 2 aliphatic rings. The van der Waals surface area contributed by atoms with Crippen molar-refractivity contribution in [3.05, 3.63) is 11.8 Å². The second kappa shape index (κ2) is 12.1. The fourth-order valence-corrected chi connectivity index (χ4v) is 4.03. The molecule has 2 fully saturated rings. The van der Waals surface area contributed by atoms with Gasteiger partial charge in [0.1, 0.15) is 5.56 Å². The van der Waals surface area contributed by atoms with Crippen LogP contribution < -0.4 is 10.6 Å². The molecule has 2 amide bonds. The number of nitrogens with zero attached hydrogens (tertiary/aromatic N) is 4. The minimum Gasteiger partial charge on any atom is -0.393 e. The van der Waals surface area contributed by atoms with E-state index in [0.29, 0.717) is 32.4 Å². The molecule has 12 heteroatoms. The smallest absolute Gasteiger partial charge is 0.345 e. The van der Waals surface area contributed by atoms with Crippen molar-refractivity contribution in [2.24, 2.45) is 10.9 Å². The van der Waals surface area contributed by atoms with Gasteiger partial charge in [-0.25, -0.2) is 9.98 Å². The van der Waals surface area contributed by atoms with Gasteiger partial charge >= 0.3 is 6.61 Å². The van der Waals surface area contributed by atoms with Crippen molar-refractivity contribution < 1.29 is 28.2 Å². The number of hydrogen-bond acceptors (Lipinski definition) is 8. The van der Waals surface area contributed by atoms with Crippen molar-refractivity contribution >= 4 is 29.8 Å². The van der Waals surface area contributed by atoms with Gasteiger partial charge in [0.2, 0.25) is 11.9 Å². The average Bonchev–Trinajstić information content (AvgIpc) is 3.26. The van der Waals surface area contributed by atoms with Crippen LogP contribution in [0, 0.1) is 5.92 Å². The van der Waals surface area contributed by atoms with E-state index in [0.717, 1.165) is 12.8 Å². The first kappa shape index (κ1) is 25.9. The summed E-state index contributed by atoms with van der Waals surface area (Å²) in [6.07, 6.45) is 6.40. The molecule has 2 atom stereocenters. The van der Waals surface area contributed by atoms with E-state index < -0.39 is 18.6 Å². The number of aromatic nitrogens is 2. The highest BCUT2D eigenvalue weighted by Crippen LogP contribution is 2.25. The lowest BCUT2D eigenvalue weighted by Crippen LogP contribution is -2.38. The van der Waals surface area contributed by atoms with Gasteiger partial charge in [0.25, 0.3) is 5.91 Å². The molecule has 3 rings (SSSR count). The molecule has 0 aromatic carbocycles. The van der Waals surface area contributed by atoms with Crippen LogP contribution in [-0.4, -0.2) is 82.5 Å². The molecule has 1 saturated carbocycles. The number of carbonyl (C=O) groups excluding carboxylic acids is 2. The third-order valence-corrected chi connectivity index (χ3v) is 5.98. The van der Waals surface area contributed by atoms with Crippen LogP contribution in [-0.2, 0) is 9.53 Å². The van der Waals surface area contributed by atoms with Crippen molar-refractivity contribution in [1.82, 2.24) is 20.2 Å². The molecule has 1 aromatic rings. The topological polar surface area (TPSA) is 129 Å². The van der Waals surface area contributed by atoms with Crippen molar-refractivity contribution in [3.63, 3.8) is 0 Å². The predicted molar refractivity (Wildman–Crippen MR) is 121 cm³/mol. The number of amides is 2. The Hall–Kier alpha value is -2.73. The lowest BCUT2D eigenvalue weighted by Gasteiger charge is -2.22. The zero-order valence-corrected chi connectivity index (χ0v) is 19.4. The number of anilines is 1. The lowest BCUT2D eigenvalue weighted by atomic mass is 9.88. The van der Waals surface area contributed by atoms with Gasteiger partial charge in [-0.2, -0.15) is 13.8 Å². The van der Waals surface area contributed by atoms with Crippen LogP contribution in [0.25, 0.3) is 0 Å². The Morgan fingerprint density at radius 3 is 2.71 bits per heavy atom. The van der Waals surface area contributed by atoms with Crippen LogP contribution in [0.5, 0.6) is 0 Å². The molecule has 2 heterocycles. The molecule has 3 N–H and O–H groups in total. The molecule has 188 valence electrons. The maximum Gasteiger partial charge on any atom is 0.345 e. The van der Waals surface area contributed by atoms with Crippen LogP contribution in [0.1, 0.15) is 56.3 Å². The minimum atomic E-state index is -2.88. The summed E-state index contributed by atoms with van der Waals surface area (Å²) in [4.78, 5) is 39.2. The SMILES string of the molecule is CC(=O)N1CC[C@H](NC(=O)c2cnc(N[C@@H](C)COC(F)F)nc2/N=C\C2CCC(O)CC2)C1. The molecule has 34 heavy (non-hydrogen) atoms. The number of aliphatic hydroxyl groups is 1. The van der Waals surface area contributed by atoms with E-state index in [1.165, 1.54) is 13.1 Å². The van der Waals surface area contributed by atoms with E-state index in [9.17, 15) is 23.5 Å². The predicted octanol–water partition coefficient (Wildman–Crippen LogP) is 2.12. The van der Waals surface area contributed by atoms with Crippen LogP contribution in [0.4, 0.5) is 20.5 Å². The zero-order valence-electron chi connectivity index (χ0n) is 19.4. The van der Waals surface area contributed by atoms with Gasteiger partial charge in [0, 0.05) is 44.5 Å². The third-order valence-electron chi connectivity index (χ3n) is 5.98. The standard InChI is InChI=1S/C22H32F2N6O4/c1-13(12-34-21(23)24)27-22-26-10-18(20(33)28-16-7-8-30(11-16)14(2)31)19(29-22)25-9-15-3-5-17(32)6-4-15/h9-10,13,15-17,21,32H,3-8,11-12H2,1-2H3,(H,28,33)(H,26,27,29)/b25-9-/t13-,15?,16-,17?/m0/s1. The Bertz CT molecular complexity index is 879. The number of carbonyl (C=O) groups is 2. The number of nitrogens with one attached hydrogen (secondary N) is 2. The summed E-state index contributed by atoms with van der Waals surface area (Å²) in [7, 11) is 0. The van der Waals surface area contributed by atoms with Gasteiger partial charge in [0.15, 0.2) is 5.82 Å². The number of alkyl halides is 2.